The Labute approximate surface area is 285 Å². The van der Waals surface area contributed by atoms with E-state index in [1.165, 1.54) is 16.6 Å². The van der Waals surface area contributed by atoms with Gasteiger partial charge in [0, 0.05) is 35.0 Å². The molecule has 0 aliphatic carbocycles. The Hall–Kier alpha value is -4.13. The van der Waals surface area contributed by atoms with Gasteiger partial charge in [0.15, 0.2) is 0 Å². The number of aromatic nitrogens is 4. The molecule has 0 saturated heterocycles. The molecule has 0 saturated carbocycles. The van der Waals surface area contributed by atoms with Crippen molar-refractivity contribution in [2.75, 3.05) is 6.54 Å². The summed E-state index contributed by atoms with van der Waals surface area (Å²) in [6.07, 6.45) is 1.53. The van der Waals surface area contributed by atoms with Crippen molar-refractivity contribution in [1.29, 1.82) is 0 Å². The fourth-order valence-electron chi connectivity index (χ4n) is 6.42. The van der Waals surface area contributed by atoms with Gasteiger partial charge in [0.05, 0.1) is 17.5 Å². The number of carbonyl (C=O) groups excluding carboxylic acids is 1. The first kappa shape index (κ1) is 33.8. The number of esters is 1. The summed E-state index contributed by atoms with van der Waals surface area (Å²) in [4.78, 5) is 20.2. The van der Waals surface area contributed by atoms with Gasteiger partial charge in [-0.05, 0) is 95.0 Å². The molecule has 0 N–H and O–H groups in total. The van der Waals surface area contributed by atoms with E-state index in [-0.39, 0.29) is 36.4 Å². The Kier molecular flexibility index (Phi) is 8.95. The summed E-state index contributed by atoms with van der Waals surface area (Å²) in [6.45, 7) is 14.7. The van der Waals surface area contributed by atoms with Crippen LogP contribution in [0.3, 0.4) is 0 Å². The number of hydrogen-bond donors (Lipinski definition) is 0. The molecule has 0 spiro atoms. The van der Waals surface area contributed by atoms with Crippen molar-refractivity contribution in [3.8, 4) is 5.88 Å². The second-order valence-corrected chi connectivity index (χ2v) is 16.6. The lowest BCUT2D eigenvalue weighted by molar-refractivity contribution is -0.156. The van der Waals surface area contributed by atoms with Crippen molar-refractivity contribution in [2.24, 2.45) is 5.41 Å². The van der Waals surface area contributed by atoms with Gasteiger partial charge in [-0.15, -0.1) is 16.4 Å². The minimum Gasteiger partial charge on any atom is -0.469 e. The molecule has 10 nitrogen and oxygen atoms in total. The number of fused-ring (bicyclic) bond motifs is 2. The van der Waals surface area contributed by atoms with Crippen LogP contribution in [-0.2, 0) is 39.3 Å². The van der Waals surface area contributed by atoms with Crippen molar-refractivity contribution in [1.82, 2.24) is 24.3 Å². The second kappa shape index (κ2) is 12.7. The third-order valence-electron chi connectivity index (χ3n) is 9.01. The largest absolute Gasteiger partial charge is 0.469 e. The summed E-state index contributed by atoms with van der Waals surface area (Å²) in [5.41, 5.74) is 3.54. The van der Waals surface area contributed by atoms with E-state index in [2.05, 4.69) is 21.4 Å². The predicted molar refractivity (Wildman–Crippen MR) is 185 cm³/mol. The molecule has 6 rings (SSSR count). The maximum absolute atomic E-state index is 14.0. The van der Waals surface area contributed by atoms with Crippen LogP contribution in [0.2, 0.25) is 0 Å². The summed E-state index contributed by atoms with van der Waals surface area (Å²) in [7, 11) is -3.92. The topological polar surface area (TPSA) is 117 Å². The number of sulfonamides is 1. The van der Waals surface area contributed by atoms with Crippen LogP contribution in [0.15, 0.2) is 71.8 Å². The molecule has 2 aromatic carbocycles. The van der Waals surface area contributed by atoms with Crippen molar-refractivity contribution in [3.63, 3.8) is 0 Å². The zero-order valence-corrected chi connectivity index (χ0v) is 30.0. The molecule has 1 aliphatic rings. The minimum atomic E-state index is -3.92. The molecule has 3 aromatic heterocycles. The first-order valence-electron chi connectivity index (χ1n) is 16.0. The third-order valence-corrected chi connectivity index (χ3v) is 12.0. The van der Waals surface area contributed by atoms with Gasteiger partial charge < -0.3 is 9.47 Å². The first-order chi connectivity index (χ1) is 22.7. The summed E-state index contributed by atoms with van der Waals surface area (Å²) >= 11 is 1.57. The van der Waals surface area contributed by atoms with Crippen LogP contribution in [0, 0.1) is 19.3 Å². The molecule has 12 heteroatoms. The Morgan fingerprint density at radius 1 is 1.10 bits per heavy atom. The summed E-state index contributed by atoms with van der Waals surface area (Å²) in [6, 6.07) is 18.9. The average Bonchev–Trinajstić information content (AvgIpc) is 3.62. The smallest absolute Gasteiger partial charge is 0.312 e. The maximum atomic E-state index is 14.0. The summed E-state index contributed by atoms with van der Waals surface area (Å²) < 4.78 is 43.3. The normalized spacial score (nSPS) is 16.6. The fourth-order valence-corrected chi connectivity index (χ4v) is 9.40. The molecule has 0 amide bonds. The highest BCUT2D eigenvalue weighted by Gasteiger charge is 2.43. The lowest BCUT2D eigenvalue weighted by Gasteiger charge is -2.33. The average molecular weight is 688 g/mol. The van der Waals surface area contributed by atoms with E-state index in [0.717, 1.165) is 43.0 Å². The highest BCUT2D eigenvalue weighted by molar-refractivity contribution is 7.89. The van der Waals surface area contributed by atoms with Gasteiger partial charge >= 0.3 is 5.97 Å². The van der Waals surface area contributed by atoms with Crippen LogP contribution in [0.1, 0.15) is 72.5 Å². The lowest BCUT2D eigenvalue weighted by atomic mass is 9.72. The molecule has 5 aromatic rings. The van der Waals surface area contributed by atoms with Gasteiger partial charge in [0.2, 0.25) is 15.9 Å². The van der Waals surface area contributed by atoms with Crippen LogP contribution in [0.4, 0.5) is 0 Å². The molecule has 0 fully saturated rings. The molecule has 0 unspecified atom stereocenters. The highest BCUT2D eigenvalue weighted by atomic mass is 32.2. The number of benzene rings is 2. The van der Waals surface area contributed by atoms with Gasteiger partial charge in [-0.3, -0.25) is 4.79 Å². The zero-order valence-electron chi connectivity index (χ0n) is 28.4. The van der Waals surface area contributed by atoms with E-state index in [1.54, 1.807) is 17.4 Å². The van der Waals surface area contributed by atoms with Crippen LogP contribution in [0.5, 0.6) is 5.88 Å². The van der Waals surface area contributed by atoms with Crippen LogP contribution >= 0.6 is 11.3 Å². The second-order valence-electron chi connectivity index (χ2n) is 13.4. The van der Waals surface area contributed by atoms with Crippen molar-refractivity contribution >= 4 is 38.4 Å². The highest BCUT2D eigenvalue weighted by Crippen LogP contribution is 2.47. The molecule has 0 radical (unpaired) electrons. The molecular formula is C36H41N5O5S2. The van der Waals surface area contributed by atoms with Crippen molar-refractivity contribution < 1.29 is 22.7 Å². The predicted octanol–water partition coefficient (Wildman–Crippen LogP) is 6.79. The monoisotopic (exact) mass is 687 g/mol. The SMILES string of the molecule is CCn1nnc2c(C)c([C@H](c3cc(CN4CC(C)(C)Oc5ncccc5S4(=O)=O)c(C)s3)C(C)(C)C(=O)OCc3ccccc3)ccc21. The van der Waals surface area contributed by atoms with Crippen LogP contribution < -0.4 is 4.74 Å². The molecule has 1 atom stereocenters. The van der Waals surface area contributed by atoms with E-state index in [9.17, 15) is 13.2 Å². The van der Waals surface area contributed by atoms with Gasteiger partial charge in [0.1, 0.15) is 22.6 Å². The summed E-state index contributed by atoms with van der Waals surface area (Å²) in [5.74, 6) is -0.645. The zero-order chi connectivity index (χ0) is 34.4. The number of rotatable bonds is 9. The first-order valence-corrected chi connectivity index (χ1v) is 18.3. The van der Waals surface area contributed by atoms with Gasteiger partial charge in [-0.25, -0.2) is 18.1 Å². The fraction of sp³-hybridized carbons (Fsp3) is 0.389. The molecule has 48 heavy (non-hydrogen) atoms. The Morgan fingerprint density at radius 3 is 2.58 bits per heavy atom. The number of nitrogens with zero attached hydrogens (tertiary/aromatic N) is 5. The number of carbonyl (C=O) groups is 1. The van der Waals surface area contributed by atoms with E-state index < -0.39 is 27.0 Å². The summed E-state index contributed by atoms with van der Waals surface area (Å²) in [5, 5.41) is 8.84. The number of aryl methyl sites for hydroxylation is 3. The van der Waals surface area contributed by atoms with Gasteiger partial charge in [-0.2, -0.15) is 4.31 Å². The number of hydrogen-bond acceptors (Lipinski definition) is 9. The minimum absolute atomic E-state index is 0.0490. The molecule has 1 aliphatic heterocycles. The third kappa shape index (κ3) is 6.24. The van der Waals surface area contributed by atoms with E-state index in [1.807, 2.05) is 95.6 Å². The standard InChI is InChI=1S/C36H41N5O5S2/c1-8-41-28-17-16-27(23(2)32(28)38-39-41)31(36(6,7)34(42)45-21-25-13-10-9-11-14-25)29-19-26(24(3)47-29)20-40-22-35(4,5)46-33-30(48(40,43)44)15-12-18-37-33/h9-19,31H,8,20-22H2,1-7H3/t31-/m1/s1. The molecule has 0 bridgehead atoms. The Balaban J connectivity index is 1.41. The van der Waals surface area contributed by atoms with E-state index >= 15 is 0 Å². The van der Waals surface area contributed by atoms with Gasteiger partial charge in [0.25, 0.3) is 0 Å². The molecule has 4 heterocycles. The van der Waals surface area contributed by atoms with E-state index in [4.69, 9.17) is 9.47 Å². The van der Waals surface area contributed by atoms with Gasteiger partial charge in [-0.1, -0.05) is 41.6 Å². The molecular weight excluding hydrogens is 647 g/mol. The van der Waals surface area contributed by atoms with Crippen LogP contribution in [-0.4, -0.2) is 50.8 Å². The molecule has 252 valence electrons. The van der Waals surface area contributed by atoms with Crippen molar-refractivity contribution in [2.45, 2.75) is 84.6 Å². The van der Waals surface area contributed by atoms with E-state index in [0.29, 0.717) is 6.54 Å². The maximum Gasteiger partial charge on any atom is 0.312 e. The number of thiophene rings is 1. The van der Waals surface area contributed by atoms with Crippen LogP contribution in [0.25, 0.3) is 11.0 Å². The number of pyridine rings is 1. The Morgan fingerprint density at radius 2 is 1.85 bits per heavy atom. The quantitative estimate of drug-likeness (QED) is 0.156. The Bertz CT molecular complexity index is 2090. The lowest BCUT2D eigenvalue weighted by Crippen LogP contribution is -2.42. The number of ether oxygens (including phenoxy) is 2. The van der Waals surface area contributed by atoms with Crippen molar-refractivity contribution in [3.05, 3.63) is 98.9 Å².